The molecule has 2 aromatic carbocycles. The van der Waals surface area contributed by atoms with Crippen LogP contribution in [-0.2, 0) is 24.0 Å². The zero-order valence-corrected chi connectivity index (χ0v) is 33.9. The fraction of sp³-hybridized carbons (Fsp3) is 0.405. The predicted molar refractivity (Wildman–Crippen MR) is 214 cm³/mol. The zero-order chi connectivity index (χ0) is 44.5. The number of carbonyl (C=O) groups excluding carboxylic acids is 5. The lowest BCUT2D eigenvalue weighted by atomic mass is 9.90. The second-order valence-corrected chi connectivity index (χ2v) is 14.0. The van der Waals surface area contributed by atoms with Crippen molar-refractivity contribution in [2.24, 2.45) is 5.73 Å². The lowest BCUT2D eigenvalue weighted by Gasteiger charge is -2.27. The fourth-order valence-electron chi connectivity index (χ4n) is 7.13. The number of aliphatic carboxylic acids is 2. The van der Waals surface area contributed by atoms with Crippen LogP contribution in [-0.4, -0.2) is 103 Å². The minimum Gasteiger partial charge on any atom is -0.542 e. The van der Waals surface area contributed by atoms with Crippen LogP contribution in [0.1, 0.15) is 64.2 Å². The topological polar surface area (TPSA) is 218 Å². The summed E-state index contributed by atoms with van der Waals surface area (Å²) in [5.74, 6) is -6.31. The largest absolute Gasteiger partial charge is 0.542 e. The summed E-state index contributed by atoms with van der Waals surface area (Å²) in [5, 5.41) is 24.9. The number of alkyl halides is 3. The Hall–Kier alpha value is -6.46. The van der Waals surface area contributed by atoms with Gasteiger partial charge in [0, 0.05) is 59.5 Å². The number of carboxylic acids is 2. The molecule has 2 aromatic rings. The number of halogens is 3. The van der Waals surface area contributed by atoms with Gasteiger partial charge < -0.3 is 45.6 Å². The molecule has 1 aliphatic carbocycles. The van der Waals surface area contributed by atoms with Crippen molar-refractivity contribution in [2.45, 2.75) is 78.2 Å². The van der Waals surface area contributed by atoms with Crippen molar-refractivity contribution in [3.63, 3.8) is 0 Å². The molecule has 3 atom stereocenters. The molecule has 3 aliphatic rings. The first-order valence-corrected chi connectivity index (χ1v) is 19.5. The number of hydrogen-bond donors (Lipinski definition) is 4. The first-order chi connectivity index (χ1) is 28.4. The highest BCUT2D eigenvalue weighted by Gasteiger charge is 2.37. The molecule has 5 N–H and O–H groups in total. The number of nitrogens with zero attached hydrogens (tertiary/aromatic N) is 3. The van der Waals surface area contributed by atoms with Gasteiger partial charge in [-0.3, -0.25) is 19.2 Å². The van der Waals surface area contributed by atoms with Gasteiger partial charge in [0.15, 0.2) is 0 Å². The molecular formula is C42H49F3N6O9. The highest BCUT2D eigenvalue weighted by atomic mass is 19.4. The molecule has 18 heteroatoms. The molecule has 322 valence electrons. The summed E-state index contributed by atoms with van der Waals surface area (Å²) < 4.78 is 40.4. The maximum absolute atomic E-state index is 14.5. The Morgan fingerprint density at radius 3 is 2.20 bits per heavy atom. The summed E-state index contributed by atoms with van der Waals surface area (Å²) >= 11 is 0. The second kappa shape index (κ2) is 20.0. The van der Waals surface area contributed by atoms with Gasteiger partial charge in [-0.25, -0.2) is 9.37 Å². The number of nitrogens with two attached hydrogens (primary N) is 1. The minimum atomic E-state index is -5.19. The number of carbonyl (C=O) groups is 6. The Morgan fingerprint density at radius 2 is 1.62 bits per heavy atom. The number of likely N-dealkylation sites (tertiary alicyclic amines) is 1. The summed E-state index contributed by atoms with van der Waals surface area (Å²) in [7, 11) is 0. The summed E-state index contributed by atoms with van der Waals surface area (Å²) in [6.07, 6.45) is -4.84. The van der Waals surface area contributed by atoms with E-state index in [-0.39, 0.29) is 5.91 Å². The molecule has 2 aliphatic heterocycles. The number of primary amides is 1. The van der Waals surface area contributed by atoms with Gasteiger partial charge in [-0.15, -0.1) is 0 Å². The van der Waals surface area contributed by atoms with Crippen LogP contribution in [0.3, 0.4) is 0 Å². The van der Waals surface area contributed by atoms with E-state index in [1.165, 1.54) is 11.8 Å². The van der Waals surface area contributed by atoms with Gasteiger partial charge in [0.2, 0.25) is 23.1 Å². The van der Waals surface area contributed by atoms with Gasteiger partial charge in [0.25, 0.3) is 5.91 Å². The molecule has 0 bridgehead atoms. The minimum absolute atomic E-state index is 0.329. The average Bonchev–Trinajstić information content (AvgIpc) is 3.70. The molecule has 4 amide bonds. The van der Waals surface area contributed by atoms with Gasteiger partial charge in [-0.2, -0.15) is 13.2 Å². The molecule has 1 saturated heterocycles. The molecule has 0 aromatic heterocycles. The first-order valence-electron chi connectivity index (χ1n) is 19.5. The normalized spacial score (nSPS) is 14.7. The fourth-order valence-corrected chi connectivity index (χ4v) is 7.13. The first kappa shape index (κ1) is 46.2. The van der Waals surface area contributed by atoms with Crippen LogP contribution in [0, 0.1) is 0 Å². The van der Waals surface area contributed by atoms with E-state index in [9.17, 15) is 42.3 Å². The summed E-state index contributed by atoms with van der Waals surface area (Å²) in [6, 6.07) is 16.1. The highest BCUT2D eigenvalue weighted by Crippen LogP contribution is 2.42. The Bertz CT molecular complexity index is 2280. The van der Waals surface area contributed by atoms with E-state index < -0.39 is 60.4 Å². The van der Waals surface area contributed by atoms with E-state index in [1.807, 2.05) is 36.4 Å². The summed E-state index contributed by atoms with van der Waals surface area (Å²) in [4.78, 5) is 76.3. The molecule has 5 rings (SSSR count). The average molecular weight is 839 g/mol. The van der Waals surface area contributed by atoms with Crippen LogP contribution < -0.4 is 36.3 Å². The molecule has 2 heterocycles. The smallest absolute Gasteiger partial charge is 0.430 e. The Morgan fingerprint density at radius 1 is 0.967 bits per heavy atom. The van der Waals surface area contributed by atoms with Crippen LogP contribution in [0.2, 0.25) is 0 Å². The molecule has 60 heavy (non-hydrogen) atoms. The van der Waals surface area contributed by atoms with Gasteiger partial charge in [0.05, 0.1) is 12.5 Å². The van der Waals surface area contributed by atoms with E-state index in [0.717, 1.165) is 53.7 Å². The SMILES string of the molecule is CCN(CC)c1ccc2c(-c3ccccc3C(=O)N3CCCC3C(=O)NC(C)C(=O)NC(CC(N)=O)C(=O)O)c3ccc(=[N+](CC)CC)cc-3oc2c1.O=C([O-])C(F)(F)F. The number of benzene rings is 3. The molecule has 1 fully saturated rings. The van der Waals surface area contributed by atoms with E-state index in [2.05, 4.69) is 59.9 Å². The van der Waals surface area contributed by atoms with Crippen molar-refractivity contribution < 1.29 is 56.6 Å². The number of amides is 4. The van der Waals surface area contributed by atoms with E-state index in [0.29, 0.717) is 41.9 Å². The summed E-state index contributed by atoms with van der Waals surface area (Å²) in [5.41, 5.74) is 9.64. The van der Waals surface area contributed by atoms with Gasteiger partial charge in [-0.1, -0.05) is 18.2 Å². The van der Waals surface area contributed by atoms with Crippen LogP contribution in [0.25, 0.3) is 33.4 Å². The van der Waals surface area contributed by atoms with Crippen molar-refractivity contribution >= 4 is 52.2 Å². The highest BCUT2D eigenvalue weighted by molar-refractivity contribution is 6.10. The molecule has 0 radical (unpaired) electrons. The third-order valence-corrected chi connectivity index (χ3v) is 10.2. The van der Waals surface area contributed by atoms with Crippen molar-refractivity contribution in [1.29, 1.82) is 0 Å². The Balaban J connectivity index is 0.00000104. The number of anilines is 1. The second-order valence-electron chi connectivity index (χ2n) is 14.0. The van der Waals surface area contributed by atoms with Crippen LogP contribution >= 0.6 is 0 Å². The zero-order valence-electron chi connectivity index (χ0n) is 33.9. The Labute approximate surface area is 344 Å². The lowest BCUT2D eigenvalue weighted by molar-refractivity contribution is -0.344. The Kier molecular flexibility index (Phi) is 15.4. The van der Waals surface area contributed by atoms with E-state index >= 15 is 0 Å². The van der Waals surface area contributed by atoms with Crippen LogP contribution in [0.4, 0.5) is 18.9 Å². The molecule has 3 unspecified atom stereocenters. The molecule has 0 spiro atoms. The van der Waals surface area contributed by atoms with Crippen LogP contribution in [0.5, 0.6) is 0 Å². The van der Waals surface area contributed by atoms with Crippen LogP contribution in [0.15, 0.2) is 65.1 Å². The number of rotatable bonds is 14. The molecule has 15 nitrogen and oxygen atoms in total. The van der Waals surface area contributed by atoms with Gasteiger partial charge in [0.1, 0.15) is 48.5 Å². The standard InChI is InChI=1S/C40H48N6O7.C2HF3O2/c1-6-44(7-2)25-16-18-29-33(21-25)53-34-22-26(45(8-3)9-4)17-19-30(34)36(29)27-13-10-11-14-28(27)39(50)46-20-12-15-32(46)38(49)42-24(5)37(48)43-31(40(51)52)23-35(41)47;3-2(4,5)1(6)7/h10-11,13-14,16-19,21-22,24,31-32H,6-9,12,15,20,23H2,1-5H3,(H4-,41,42,43,47,48,49,51,52);(H,6,7). The van der Waals surface area contributed by atoms with E-state index in [1.54, 1.807) is 12.1 Å². The monoisotopic (exact) mass is 838 g/mol. The van der Waals surface area contributed by atoms with Crippen molar-refractivity contribution in [1.82, 2.24) is 20.1 Å². The maximum Gasteiger partial charge on any atom is 0.430 e. The molecule has 0 saturated carbocycles. The summed E-state index contributed by atoms with van der Waals surface area (Å²) in [6.45, 7) is 13.5. The number of hydrogen-bond acceptors (Lipinski definition) is 9. The van der Waals surface area contributed by atoms with Gasteiger partial charge in [-0.05, 0) is 77.3 Å². The van der Waals surface area contributed by atoms with Crippen molar-refractivity contribution in [2.75, 3.05) is 37.6 Å². The quantitative estimate of drug-likeness (QED) is 0.108. The predicted octanol–water partition coefficient (Wildman–Crippen LogP) is 2.72. The number of fused-ring (bicyclic) bond motifs is 2. The lowest BCUT2D eigenvalue weighted by Crippen LogP contribution is -2.54. The van der Waals surface area contributed by atoms with Gasteiger partial charge >= 0.3 is 12.1 Å². The van der Waals surface area contributed by atoms with Crippen molar-refractivity contribution in [3.8, 4) is 22.5 Å². The third-order valence-electron chi connectivity index (χ3n) is 10.2. The van der Waals surface area contributed by atoms with Crippen molar-refractivity contribution in [3.05, 3.63) is 71.6 Å². The third kappa shape index (κ3) is 10.8. The number of nitrogens with one attached hydrogen (secondary N) is 2. The molecular weight excluding hydrogens is 789 g/mol. The van der Waals surface area contributed by atoms with E-state index in [4.69, 9.17) is 20.1 Å². The maximum atomic E-state index is 14.5. The number of carboxylic acid groups (broad SMARTS) is 2.